The van der Waals surface area contributed by atoms with Gasteiger partial charge in [-0.2, -0.15) is 0 Å². The van der Waals surface area contributed by atoms with E-state index in [0.717, 1.165) is 12.1 Å². The van der Waals surface area contributed by atoms with Gasteiger partial charge >= 0.3 is 0 Å². The number of para-hydroxylation sites is 1. The highest BCUT2D eigenvalue weighted by atomic mass is 19.2. The molecule has 4 aromatic carbocycles. The van der Waals surface area contributed by atoms with E-state index in [9.17, 15) is 23.5 Å². The van der Waals surface area contributed by atoms with Crippen LogP contribution < -0.4 is 31.0 Å². The minimum Gasteiger partial charge on any atom is -0.502 e. The molecular formula is C27H24F2N2O5. The maximum atomic E-state index is 13.9. The van der Waals surface area contributed by atoms with Crippen LogP contribution in [0.15, 0.2) is 70.3 Å². The van der Waals surface area contributed by atoms with Gasteiger partial charge in [0, 0.05) is 23.4 Å². The molecule has 0 aliphatic carbocycles. The lowest BCUT2D eigenvalue weighted by Crippen LogP contribution is -2.33. The summed E-state index contributed by atoms with van der Waals surface area (Å²) in [5.41, 5.74) is 0.336. The molecule has 7 nitrogen and oxygen atoms in total. The Hall–Kier alpha value is -4.24. The monoisotopic (exact) mass is 494 g/mol. The number of hydrogen-bond acceptors (Lipinski definition) is 7. The van der Waals surface area contributed by atoms with E-state index in [1.54, 1.807) is 49.4 Å². The number of benzene rings is 3. The Morgan fingerprint density at radius 2 is 1.61 bits per heavy atom. The van der Waals surface area contributed by atoms with Crippen LogP contribution in [-0.4, -0.2) is 19.3 Å². The summed E-state index contributed by atoms with van der Waals surface area (Å²) in [5, 5.41) is 16.2. The second-order valence-corrected chi connectivity index (χ2v) is 8.20. The molecule has 0 heterocycles. The number of methoxy groups -OCH3 is 2. The standard InChI is InChI=1S/C27H24F2N2O5/c1-14(15-8-11-19(28)20(29)12-15)30-23(18-10-9-16(35-2)13-22(18)36-3)17-6-4-5-7-21(17)31-24-25(32)27(34)26(24)33/h4-14,23,30-32H,1-3H3. The molecule has 9 heteroatoms. The smallest absolute Gasteiger partial charge is 0.271 e. The van der Waals surface area contributed by atoms with Crippen LogP contribution in [0.4, 0.5) is 20.2 Å². The third-order valence-corrected chi connectivity index (χ3v) is 6.03. The number of anilines is 2. The summed E-state index contributed by atoms with van der Waals surface area (Å²) in [5.74, 6) is -1.46. The average Bonchev–Trinajstić information content (AvgIpc) is 2.91. The maximum absolute atomic E-state index is 13.9. The third kappa shape index (κ3) is 4.65. The van der Waals surface area contributed by atoms with Gasteiger partial charge in [-0.15, -0.1) is 0 Å². The highest BCUT2D eigenvalue weighted by Gasteiger charge is 2.26. The van der Waals surface area contributed by atoms with Gasteiger partial charge in [-0.3, -0.25) is 14.9 Å². The number of ether oxygens (including phenoxy) is 2. The van der Waals surface area contributed by atoms with Gasteiger partial charge < -0.3 is 19.9 Å². The predicted molar refractivity (Wildman–Crippen MR) is 132 cm³/mol. The summed E-state index contributed by atoms with van der Waals surface area (Å²) in [4.78, 5) is 23.5. The van der Waals surface area contributed by atoms with E-state index >= 15 is 0 Å². The topological polar surface area (TPSA) is 96.9 Å². The molecule has 0 amide bonds. The average molecular weight is 494 g/mol. The Kier molecular flexibility index (Phi) is 7.03. The third-order valence-electron chi connectivity index (χ3n) is 6.03. The van der Waals surface area contributed by atoms with Crippen LogP contribution in [0, 0.1) is 11.6 Å². The van der Waals surface area contributed by atoms with Crippen molar-refractivity contribution in [3.05, 3.63) is 109 Å². The number of nitrogens with one attached hydrogen (secondary N) is 2. The van der Waals surface area contributed by atoms with Crippen molar-refractivity contribution in [3.63, 3.8) is 0 Å². The lowest BCUT2D eigenvalue weighted by Gasteiger charge is -2.28. The van der Waals surface area contributed by atoms with E-state index in [4.69, 9.17) is 9.47 Å². The van der Waals surface area contributed by atoms with Gasteiger partial charge in [-0.1, -0.05) is 24.3 Å². The molecule has 0 spiro atoms. The van der Waals surface area contributed by atoms with Crippen molar-refractivity contribution < 1.29 is 23.4 Å². The van der Waals surface area contributed by atoms with E-state index in [-0.39, 0.29) is 5.69 Å². The van der Waals surface area contributed by atoms with Crippen molar-refractivity contribution >= 4 is 11.4 Å². The van der Waals surface area contributed by atoms with Gasteiger partial charge in [0.05, 0.1) is 20.3 Å². The van der Waals surface area contributed by atoms with Gasteiger partial charge in [0.1, 0.15) is 17.2 Å². The zero-order valence-electron chi connectivity index (χ0n) is 19.8. The second kappa shape index (κ2) is 10.2. The van der Waals surface area contributed by atoms with Crippen LogP contribution in [0.3, 0.4) is 0 Å². The molecule has 0 aliphatic rings. The largest absolute Gasteiger partial charge is 0.502 e. The molecule has 0 saturated heterocycles. The van der Waals surface area contributed by atoms with Gasteiger partial charge in [-0.25, -0.2) is 8.78 Å². The van der Waals surface area contributed by atoms with Crippen molar-refractivity contribution in [2.75, 3.05) is 19.5 Å². The molecule has 186 valence electrons. The Bertz CT molecular complexity index is 1480. The first-order valence-corrected chi connectivity index (χ1v) is 11.1. The first-order valence-electron chi connectivity index (χ1n) is 11.1. The van der Waals surface area contributed by atoms with Crippen LogP contribution >= 0.6 is 0 Å². The molecule has 3 N–H and O–H groups in total. The fourth-order valence-corrected chi connectivity index (χ4v) is 4.02. The summed E-state index contributed by atoms with van der Waals surface area (Å²) in [6.07, 6.45) is 0. The van der Waals surface area contributed by atoms with E-state index in [0.29, 0.717) is 33.9 Å². The summed E-state index contributed by atoms with van der Waals surface area (Å²) in [6, 6.07) is 14.9. The minimum atomic E-state index is -0.961. The fourth-order valence-electron chi connectivity index (χ4n) is 4.02. The number of aromatic hydroxyl groups is 1. The van der Waals surface area contributed by atoms with Crippen molar-refractivity contribution in [2.45, 2.75) is 19.0 Å². The van der Waals surface area contributed by atoms with Gasteiger partial charge in [0.2, 0.25) is 0 Å². The normalized spacial score (nSPS) is 12.8. The molecule has 4 aromatic rings. The summed E-state index contributed by atoms with van der Waals surface area (Å²) < 4.78 is 38.4. The molecule has 2 atom stereocenters. The molecule has 4 rings (SSSR count). The highest BCUT2D eigenvalue weighted by molar-refractivity contribution is 5.72. The molecular weight excluding hydrogens is 470 g/mol. The minimum absolute atomic E-state index is 0.193. The lowest BCUT2D eigenvalue weighted by molar-refractivity contribution is 0.385. The molecule has 0 bridgehead atoms. The molecule has 0 radical (unpaired) electrons. The lowest BCUT2D eigenvalue weighted by atomic mass is 9.94. The van der Waals surface area contributed by atoms with Crippen LogP contribution in [-0.2, 0) is 0 Å². The highest BCUT2D eigenvalue weighted by Crippen LogP contribution is 2.38. The van der Waals surface area contributed by atoms with Crippen molar-refractivity contribution in [3.8, 4) is 17.2 Å². The predicted octanol–water partition coefficient (Wildman–Crippen LogP) is 4.47. The first kappa shape index (κ1) is 24.9. The van der Waals surface area contributed by atoms with Gasteiger partial charge in [-0.05, 0) is 48.4 Å². The van der Waals surface area contributed by atoms with Crippen LogP contribution in [0.1, 0.15) is 35.7 Å². The molecule has 36 heavy (non-hydrogen) atoms. The summed E-state index contributed by atoms with van der Waals surface area (Å²) >= 11 is 0. The van der Waals surface area contributed by atoms with Crippen molar-refractivity contribution in [1.29, 1.82) is 0 Å². The first-order chi connectivity index (χ1) is 17.2. The Balaban J connectivity index is 1.81. The van der Waals surface area contributed by atoms with Gasteiger partial charge in [0.15, 0.2) is 17.4 Å². The SMILES string of the molecule is COc1ccc(C(NC(C)c2ccc(F)c(F)c2)c2ccccc2Nc2c(O)c(=O)c2=O)c(OC)c1. The summed E-state index contributed by atoms with van der Waals surface area (Å²) in [6.45, 7) is 1.80. The fraction of sp³-hybridized carbons (Fsp3) is 0.185. The van der Waals surface area contributed by atoms with Crippen molar-refractivity contribution in [1.82, 2.24) is 5.32 Å². The van der Waals surface area contributed by atoms with Crippen molar-refractivity contribution in [2.24, 2.45) is 0 Å². The molecule has 0 fully saturated rings. The Labute approximate surface area is 205 Å². The van der Waals surface area contributed by atoms with Crippen LogP contribution in [0.2, 0.25) is 0 Å². The Morgan fingerprint density at radius 1 is 0.861 bits per heavy atom. The number of halogens is 2. The number of rotatable bonds is 9. The Morgan fingerprint density at radius 3 is 2.28 bits per heavy atom. The molecule has 2 unspecified atom stereocenters. The van der Waals surface area contributed by atoms with Crippen LogP contribution in [0.25, 0.3) is 0 Å². The number of hydrogen-bond donors (Lipinski definition) is 3. The van der Waals surface area contributed by atoms with Crippen LogP contribution in [0.5, 0.6) is 17.2 Å². The molecule has 0 aromatic heterocycles. The van der Waals surface area contributed by atoms with E-state index < -0.39 is 40.3 Å². The maximum Gasteiger partial charge on any atom is 0.271 e. The molecule has 0 aliphatic heterocycles. The molecule has 0 saturated carbocycles. The zero-order valence-corrected chi connectivity index (χ0v) is 19.8. The van der Waals surface area contributed by atoms with Gasteiger partial charge in [0.25, 0.3) is 10.9 Å². The quantitative estimate of drug-likeness (QED) is 0.296. The van der Waals surface area contributed by atoms with E-state index in [1.807, 2.05) is 0 Å². The van der Waals surface area contributed by atoms with E-state index in [2.05, 4.69) is 10.6 Å². The second-order valence-electron chi connectivity index (χ2n) is 8.20. The van der Waals surface area contributed by atoms with E-state index in [1.165, 1.54) is 20.3 Å². The summed E-state index contributed by atoms with van der Waals surface area (Å²) in [7, 11) is 3.05. The zero-order chi connectivity index (χ0) is 26.0.